The highest BCUT2D eigenvalue weighted by molar-refractivity contribution is 5.46. The minimum Gasteiger partial charge on any atom is -0.258 e. The molecule has 0 amide bonds. The Kier molecular flexibility index (Phi) is 8.20. The predicted octanol–water partition coefficient (Wildman–Crippen LogP) is 8.12. The largest absolute Gasteiger partial charge is 0.273 e. The molecule has 0 bridgehead atoms. The van der Waals surface area contributed by atoms with E-state index >= 15 is 0 Å². The van der Waals surface area contributed by atoms with E-state index in [-0.39, 0.29) is 27.4 Å². The molecule has 2 aromatic carbocycles. The van der Waals surface area contributed by atoms with Crippen molar-refractivity contribution in [2.45, 2.75) is 91.9 Å². The van der Waals surface area contributed by atoms with E-state index < -0.39 is 0 Å². The smallest absolute Gasteiger partial charge is 0.258 e. The maximum atomic E-state index is 11.0. The normalized spacial score (nSPS) is 12.0. The van der Waals surface area contributed by atoms with Crippen LogP contribution in [-0.4, -0.2) is 4.92 Å². The molecule has 0 spiro atoms. The van der Waals surface area contributed by atoms with Gasteiger partial charge >= 0.3 is 0 Å². The molecule has 0 saturated carbocycles. The van der Waals surface area contributed by atoms with Crippen LogP contribution in [0.4, 0.5) is 5.69 Å². The molecule has 0 heterocycles. The van der Waals surface area contributed by atoms with Crippen LogP contribution in [-0.2, 0) is 10.8 Å². The molecule has 2 rings (SSSR count). The summed E-state index contributed by atoms with van der Waals surface area (Å²) >= 11 is 0. The van der Waals surface area contributed by atoms with Gasteiger partial charge < -0.3 is 0 Å². The zero-order chi connectivity index (χ0) is 22.6. The SMILES string of the molecule is CC(C)c1ccc(C(C)(C)C)cc1.CC(C)c1ccc(C(C)(C)C)cc1[N+](=O)[O-]. The molecule has 3 nitrogen and oxygen atoms in total. The summed E-state index contributed by atoms with van der Waals surface area (Å²) in [6, 6.07) is 14.5. The average molecular weight is 398 g/mol. The lowest BCUT2D eigenvalue weighted by atomic mass is 9.85. The first-order valence-corrected chi connectivity index (χ1v) is 10.5. The van der Waals surface area contributed by atoms with E-state index in [1.54, 1.807) is 6.07 Å². The summed E-state index contributed by atoms with van der Waals surface area (Å²) in [7, 11) is 0. The van der Waals surface area contributed by atoms with Crippen molar-refractivity contribution in [3.63, 3.8) is 0 Å². The number of benzene rings is 2. The third-order valence-electron chi connectivity index (χ3n) is 5.16. The van der Waals surface area contributed by atoms with Crippen LogP contribution in [0.5, 0.6) is 0 Å². The van der Waals surface area contributed by atoms with Crippen molar-refractivity contribution >= 4 is 5.69 Å². The van der Waals surface area contributed by atoms with Crippen molar-refractivity contribution < 1.29 is 4.92 Å². The molecule has 0 aliphatic carbocycles. The van der Waals surface area contributed by atoms with Gasteiger partial charge in [0.15, 0.2) is 0 Å². The Morgan fingerprint density at radius 2 is 1.17 bits per heavy atom. The fraction of sp³-hybridized carbons (Fsp3) is 0.538. The van der Waals surface area contributed by atoms with Crippen LogP contribution in [0.1, 0.15) is 103 Å². The molecule has 0 atom stereocenters. The van der Waals surface area contributed by atoms with Gasteiger partial charge in [0, 0.05) is 11.6 Å². The lowest BCUT2D eigenvalue weighted by Crippen LogP contribution is -2.12. The fourth-order valence-electron chi connectivity index (χ4n) is 3.02. The summed E-state index contributed by atoms with van der Waals surface area (Å²) in [6.45, 7) is 21.3. The maximum absolute atomic E-state index is 11.0. The second-order valence-electron chi connectivity index (χ2n) is 10.5. The Bertz CT molecular complexity index is 804. The molecule has 0 aromatic heterocycles. The van der Waals surface area contributed by atoms with Gasteiger partial charge in [0.1, 0.15) is 0 Å². The number of rotatable bonds is 3. The molecular weight excluding hydrogens is 358 g/mol. The maximum Gasteiger partial charge on any atom is 0.273 e. The second-order valence-corrected chi connectivity index (χ2v) is 10.5. The highest BCUT2D eigenvalue weighted by atomic mass is 16.6. The van der Waals surface area contributed by atoms with E-state index in [2.05, 4.69) is 79.7 Å². The highest BCUT2D eigenvalue weighted by Crippen LogP contribution is 2.32. The van der Waals surface area contributed by atoms with Gasteiger partial charge in [0.2, 0.25) is 0 Å². The van der Waals surface area contributed by atoms with Crippen LogP contribution in [0.15, 0.2) is 42.5 Å². The number of nitro groups is 1. The molecule has 0 aliphatic rings. The number of nitrogens with zero attached hydrogens (tertiary/aromatic N) is 1. The Morgan fingerprint density at radius 1 is 0.724 bits per heavy atom. The van der Waals surface area contributed by atoms with E-state index in [0.717, 1.165) is 11.1 Å². The molecule has 3 heteroatoms. The first kappa shape index (κ1) is 24.9. The number of hydrogen-bond donors (Lipinski definition) is 0. The third-order valence-corrected chi connectivity index (χ3v) is 5.16. The van der Waals surface area contributed by atoms with Crippen molar-refractivity contribution in [2.24, 2.45) is 0 Å². The van der Waals surface area contributed by atoms with Crippen molar-refractivity contribution in [1.82, 2.24) is 0 Å². The van der Waals surface area contributed by atoms with Crippen LogP contribution in [0.25, 0.3) is 0 Å². The van der Waals surface area contributed by atoms with E-state index in [1.165, 1.54) is 11.1 Å². The highest BCUT2D eigenvalue weighted by Gasteiger charge is 2.21. The van der Waals surface area contributed by atoms with Gasteiger partial charge in [-0.15, -0.1) is 0 Å². The summed E-state index contributed by atoms with van der Waals surface area (Å²) in [4.78, 5) is 10.7. The summed E-state index contributed by atoms with van der Waals surface area (Å²) in [5, 5.41) is 11.0. The molecule has 0 unspecified atom stereocenters. The van der Waals surface area contributed by atoms with Gasteiger partial charge in [0.25, 0.3) is 5.69 Å². The van der Waals surface area contributed by atoms with E-state index in [9.17, 15) is 10.1 Å². The van der Waals surface area contributed by atoms with Gasteiger partial charge in [-0.1, -0.05) is 106 Å². The quantitative estimate of drug-likeness (QED) is 0.387. The predicted molar refractivity (Wildman–Crippen MR) is 125 cm³/mol. The lowest BCUT2D eigenvalue weighted by molar-refractivity contribution is -0.385. The third kappa shape index (κ3) is 7.30. The van der Waals surface area contributed by atoms with Crippen molar-refractivity contribution in [2.75, 3.05) is 0 Å². The Hall–Kier alpha value is -2.16. The van der Waals surface area contributed by atoms with Crippen LogP contribution < -0.4 is 0 Å². The minimum absolute atomic E-state index is 0.0553. The topological polar surface area (TPSA) is 43.1 Å². The van der Waals surface area contributed by atoms with Crippen molar-refractivity contribution in [1.29, 1.82) is 0 Å². The second kappa shape index (κ2) is 9.56. The van der Waals surface area contributed by atoms with Crippen LogP contribution in [0.3, 0.4) is 0 Å². The Balaban J connectivity index is 0.000000296. The number of nitro benzene ring substituents is 1. The van der Waals surface area contributed by atoms with Crippen molar-refractivity contribution in [3.8, 4) is 0 Å². The van der Waals surface area contributed by atoms with Gasteiger partial charge in [-0.3, -0.25) is 10.1 Å². The summed E-state index contributed by atoms with van der Waals surface area (Å²) in [6.07, 6.45) is 0. The minimum atomic E-state index is -0.287. The van der Waals surface area contributed by atoms with Crippen LogP contribution in [0.2, 0.25) is 0 Å². The lowest BCUT2D eigenvalue weighted by Gasteiger charge is -2.19. The van der Waals surface area contributed by atoms with Gasteiger partial charge in [-0.2, -0.15) is 0 Å². The first-order valence-electron chi connectivity index (χ1n) is 10.5. The standard InChI is InChI=1S/C13H19NO2.C13H20/c1-9(2)11-7-6-10(13(3,4)5)8-12(11)14(15)16;1-10(2)11-6-8-12(9-7-11)13(3,4)5/h6-9H,1-5H3;6-10H,1-5H3. The van der Waals surface area contributed by atoms with Gasteiger partial charge in [-0.05, 0) is 39.4 Å². The molecule has 0 saturated heterocycles. The van der Waals surface area contributed by atoms with E-state index in [4.69, 9.17) is 0 Å². The van der Waals surface area contributed by atoms with Crippen LogP contribution in [0, 0.1) is 10.1 Å². The molecule has 0 fully saturated rings. The zero-order valence-corrected chi connectivity index (χ0v) is 20.0. The number of hydrogen-bond acceptors (Lipinski definition) is 2. The van der Waals surface area contributed by atoms with Crippen molar-refractivity contribution in [3.05, 3.63) is 74.8 Å². The Labute approximate surface area is 177 Å². The summed E-state index contributed by atoms with van der Waals surface area (Å²) < 4.78 is 0. The summed E-state index contributed by atoms with van der Waals surface area (Å²) in [5.41, 5.74) is 5.10. The molecule has 0 N–H and O–H groups in total. The molecule has 2 aromatic rings. The molecule has 160 valence electrons. The molecule has 0 aliphatic heterocycles. The average Bonchev–Trinajstić information content (AvgIpc) is 2.60. The van der Waals surface area contributed by atoms with Crippen LogP contribution >= 0.6 is 0 Å². The first-order chi connectivity index (χ1) is 13.1. The monoisotopic (exact) mass is 397 g/mol. The van der Waals surface area contributed by atoms with E-state index in [1.807, 2.05) is 26.0 Å². The Morgan fingerprint density at radius 3 is 1.52 bits per heavy atom. The zero-order valence-electron chi connectivity index (χ0n) is 20.0. The molecule has 0 radical (unpaired) electrons. The molecule has 29 heavy (non-hydrogen) atoms. The molecular formula is C26H39NO2. The van der Waals surface area contributed by atoms with E-state index in [0.29, 0.717) is 5.92 Å². The van der Waals surface area contributed by atoms with Gasteiger partial charge in [0.05, 0.1) is 4.92 Å². The summed E-state index contributed by atoms with van der Waals surface area (Å²) in [5.74, 6) is 0.809. The fourth-order valence-corrected chi connectivity index (χ4v) is 3.02. The van der Waals surface area contributed by atoms with Gasteiger partial charge in [-0.25, -0.2) is 0 Å².